The van der Waals surface area contributed by atoms with Gasteiger partial charge in [0, 0.05) is 31.6 Å². The predicted octanol–water partition coefficient (Wildman–Crippen LogP) is 5.84. The number of carbonyl (C=O) groups excluding carboxylic acids is 3. The molecular weight excluding hydrogens is 638 g/mol. The first kappa shape index (κ1) is 41.9. The van der Waals surface area contributed by atoms with Gasteiger partial charge in [-0.1, -0.05) is 52.0 Å². The Balaban J connectivity index is 1.77. The Bertz CT molecular complexity index is 1240. The first-order chi connectivity index (χ1) is 23.4. The van der Waals surface area contributed by atoms with Gasteiger partial charge in [-0.15, -0.1) is 0 Å². The SMILES string of the molecule is CC[C@H](O)[C@@H](C)[C@H]1O[C@@H]1C[C@H](C)/C=C/C=C(\C)[C@H]1OC(=O)C[C@H](O)CC[C@@](C)(OC(=O)C2CC[N+](C)(C(C)C)CC2)[C@@H](OC(C)=O)/C=C/[C@@H]1C. The highest BCUT2D eigenvalue weighted by atomic mass is 16.6. The zero-order valence-corrected chi connectivity index (χ0v) is 32.3. The Hall–Kier alpha value is -2.53. The van der Waals surface area contributed by atoms with Crippen molar-refractivity contribution in [3.05, 3.63) is 36.0 Å². The summed E-state index contributed by atoms with van der Waals surface area (Å²) in [6, 6.07) is 0.456. The highest BCUT2D eigenvalue weighted by Gasteiger charge is 2.45. The molecule has 0 spiro atoms. The largest absolute Gasteiger partial charge is 0.457 e. The topological polar surface area (TPSA) is 132 Å². The van der Waals surface area contributed by atoms with E-state index < -0.39 is 35.9 Å². The summed E-state index contributed by atoms with van der Waals surface area (Å²) >= 11 is 0. The minimum absolute atomic E-state index is 0.0885. The van der Waals surface area contributed by atoms with E-state index in [0.29, 0.717) is 25.3 Å². The lowest BCUT2D eigenvalue weighted by Gasteiger charge is -2.44. The summed E-state index contributed by atoms with van der Waals surface area (Å²) in [6.07, 6.45) is 9.95. The molecule has 0 aromatic rings. The molecule has 3 heterocycles. The number of aliphatic hydroxyl groups excluding tert-OH is 2. The standard InChI is InChI=1S/C40H66NO9/c1-11-33(44)29(7)38-34(48-38)23-26(4)13-12-14-27(5)37-28(6)15-16-35(47-30(8)42)40(9,20-17-32(43)24-36(45)49-37)50-39(46)31-18-21-41(10,22-19-31)25(2)3/h12-16,25-26,28-29,31-35,37-38,43-44H,11,17-24H2,1-10H3/q+1/b13-12+,16-15+,27-14+/t26-,28+,29-,31?,32-,33+,34-,35+,37-,38-,40-,41?/m1/s1. The molecule has 3 aliphatic rings. The van der Waals surface area contributed by atoms with Crippen molar-refractivity contribution < 1.29 is 48.0 Å². The van der Waals surface area contributed by atoms with Gasteiger partial charge in [-0.3, -0.25) is 14.4 Å². The number of esters is 3. The lowest BCUT2D eigenvalue weighted by Crippen LogP contribution is -2.55. The molecule has 3 aliphatic heterocycles. The Labute approximate surface area is 300 Å². The third kappa shape index (κ3) is 11.8. The highest BCUT2D eigenvalue weighted by Crippen LogP contribution is 2.37. The van der Waals surface area contributed by atoms with E-state index in [1.54, 1.807) is 13.0 Å². The van der Waals surface area contributed by atoms with Gasteiger partial charge in [0.2, 0.25) is 0 Å². The molecule has 10 heteroatoms. The number of ether oxygens (including phenoxy) is 4. The van der Waals surface area contributed by atoms with E-state index in [1.165, 1.54) is 6.92 Å². The third-order valence-corrected chi connectivity index (χ3v) is 11.5. The fourth-order valence-electron chi connectivity index (χ4n) is 7.29. The fraction of sp³-hybridized carbons (Fsp3) is 0.775. The van der Waals surface area contributed by atoms with Crippen molar-refractivity contribution in [2.75, 3.05) is 20.1 Å². The first-order valence-electron chi connectivity index (χ1n) is 18.9. The minimum Gasteiger partial charge on any atom is -0.457 e. The molecule has 2 fully saturated rings. The van der Waals surface area contributed by atoms with Crippen molar-refractivity contribution in [1.82, 2.24) is 0 Å². The number of carbonyl (C=O) groups is 3. The minimum atomic E-state index is -1.26. The molecule has 0 aromatic heterocycles. The number of aliphatic hydroxyl groups is 2. The van der Waals surface area contributed by atoms with Crippen LogP contribution >= 0.6 is 0 Å². The van der Waals surface area contributed by atoms with E-state index in [4.69, 9.17) is 18.9 Å². The molecule has 2 saturated heterocycles. The Morgan fingerprint density at radius 1 is 1.12 bits per heavy atom. The number of hydrogen-bond donors (Lipinski definition) is 2. The van der Waals surface area contributed by atoms with Crippen LogP contribution in [0.25, 0.3) is 0 Å². The van der Waals surface area contributed by atoms with Crippen LogP contribution in [0.5, 0.6) is 0 Å². The van der Waals surface area contributed by atoms with Crippen LogP contribution in [-0.2, 0) is 33.3 Å². The van der Waals surface area contributed by atoms with Crippen molar-refractivity contribution in [1.29, 1.82) is 0 Å². The lowest BCUT2D eigenvalue weighted by molar-refractivity contribution is -0.934. The summed E-state index contributed by atoms with van der Waals surface area (Å²) in [4.78, 5) is 39.0. The van der Waals surface area contributed by atoms with E-state index in [-0.39, 0.29) is 67.2 Å². The molecule has 284 valence electrons. The van der Waals surface area contributed by atoms with E-state index >= 15 is 0 Å². The second-order valence-corrected chi connectivity index (χ2v) is 16.1. The fourth-order valence-corrected chi connectivity index (χ4v) is 7.29. The molecule has 0 unspecified atom stereocenters. The second-order valence-electron chi connectivity index (χ2n) is 16.1. The third-order valence-electron chi connectivity index (χ3n) is 11.5. The quantitative estimate of drug-likeness (QED) is 0.0643. The average Bonchev–Trinajstić information content (AvgIpc) is 3.81. The zero-order chi connectivity index (χ0) is 37.4. The summed E-state index contributed by atoms with van der Waals surface area (Å²) in [6.45, 7) is 19.2. The van der Waals surface area contributed by atoms with Gasteiger partial charge in [-0.2, -0.15) is 0 Å². The van der Waals surface area contributed by atoms with Crippen LogP contribution in [0.15, 0.2) is 36.0 Å². The monoisotopic (exact) mass is 704 g/mol. The smallest absolute Gasteiger partial charge is 0.310 e. The maximum absolute atomic E-state index is 13.6. The normalized spacial score (nSPS) is 36.8. The van der Waals surface area contributed by atoms with Gasteiger partial charge in [-0.25, -0.2) is 0 Å². The molecule has 0 saturated carbocycles. The van der Waals surface area contributed by atoms with Gasteiger partial charge in [-0.05, 0) is 70.9 Å². The number of nitrogens with zero attached hydrogens (tertiary/aromatic N) is 1. The molecule has 2 N–H and O–H groups in total. The molecule has 10 atom stereocenters. The van der Waals surface area contributed by atoms with Gasteiger partial charge in [0.1, 0.15) is 11.7 Å². The van der Waals surface area contributed by atoms with Crippen LogP contribution in [0.1, 0.15) is 107 Å². The van der Waals surface area contributed by atoms with Crippen molar-refractivity contribution in [2.45, 2.75) is 156 Å². The Morgan fingerprint density at radius 3 is 2.38 bits per heavy atom. The number of cyclic esters (lactones) is 1. The molecule has 10 nitrogen and oxygen atoms in total. The van der Waals surface area contributed by atoms with Crippen LogP contribution in [0.2, 0.25) is 0 Å². The number of quaternary nitrogens is 1. The molecule has 0 aromatic carbocycles. The number of hydrogen-bond acceptors (Lipinski definition) is 9. The van der Waals surface area contributed by atoms with Crippen molar-refractivity contribution in [3.8, 4) is 0 Å². The van der Waals surface area contributed by atoms with Crippen molar-refractivity contribution >= 4 is 17.9 Å². The van der Waals surface area contributed by atoms with Gasteiger partial charge in [0.25, 0.3) is 0 Å². The molecule has 50 heavy (non-hydrogen) atoms. The van der Waals surface area contributed by atoms with Crippen molar-refractivity contribution in [3.63, 3.8) is 0 Å². The van der Waals surface area contributed by atoms with E-state index in [9.17, 15) is 24.6 Å². The average molecular weight is 705 g/mol. The summed E-state index contributed by atoms with van der Waals surface area (Å²) in [5, 5.41) is 21.1. The first-order valence-corrected chi connectivity index (χ1v) is 18.9. The van der Waals surface area contributed by atoms with Gasteiger partial charge in [0.05, 0.1) is 62.9 Å². The highest BCUT2D eigenvalue weighted by molar-refractivity contribution is 5.73. The summed E-state index contributed by atoms with van der Waals surface area (Å²) in [7, 11) is 2.22. The summed E-state index contributed by atoms with van der Waals surface area (Å²) in [5.41, 5.74) is -0.444. The summed E-state index contributed by atoms with van der Waals surface area (Å²) in [5.74, 6) is -1.59. The number of likely N-dealkylation sites (tertiary alicyclic amines) is 1. The molecule has 0 aliphatic carbocycles. The van der Waals surface area contributed by atoms with E-state index in [0.717, 1.165) is 29.6 Å². The lowest BCUT2D eigenvalue weighted by atomic mass is 9.87. The maximum atomic E-state index is 13.6. The van der Waals surface area contributed by atoms with Crippen LogP contribution in [0, 0.1) is 23.7 Å². The summed E-state index contributed by atoms with van der Waals surface area (Å²) < 4.78 is 24.7. The predicted molar refractivity (Wildman–Crippen MR) is 193 cm³/mol. The van der Waals surface area contributed by atoms with Gasteiger partial charge >= 0.3 is 17.9 Å². The number of piperidine rings is 1. The Morgan fingerprint density at radius 2 is 1.78 bits per heavy atom. The molecule has 3 rings (SSSR count). The number of rotatable bonds is 12. The van der Waals surface area contributed by atoms with Crippen LogP contribution in [-0.4, -0.2) is 101 Å². The van der Waals surface area contributed by atoms with Gasteiger partial charge < -0.3 is 33.6 Å². The van der Waals surface area contributed by atoms with E-state index in [2.05, 4.69) is 33.9 Å². The second kappa shape index (κ2) is 18.3. The number of allylic oxidation sites excluding steroid dienone is 3. The Kier molecular flexibility index (Phi) is 15.3. The zero-order valence-electron chi connectivity index (χ0n) is 32.3. The van der Waals surface area contributed by atoms with Crippen LogP contribution < -0.4 is 0 Å². The van der Waals surface area contributed by atoms with Crippen LogP contribution in [0.4, 0.5) is 0 Å². The maximum Gasteiger partial charge on any atom is 0.310 e. The van der Waals surface area contributed by atoms with Gasteiger partial charge in [0.15, 0.2) is 6.10 Å². The van der Waals surface area contributed by atoms with Crippen molar-refractivity contribution in [2.24, 2.45) is 23.7 Å². The van der Waals surface area contributed by atoms with E-state index in [1.807, 2.05) is 45.9 Å². The molecular formula is C40H66NO9+. The molecule has 0 bridgehead atoms. The van der Waals surface area contributed by atoms with Crippen LogP contribution in [0.3, 0.4) is 0 Å². The molecule has 0 amide bonds. The molecule has 0 radical (unpaired) electrons. The number of epoxide rings is 1.